The standard InChI is InChI=1S/C13H15BrClNO2/c1-2-3-7-18-8-6-16-13(17)11-9-10(14)4-5-12(11)15/h2,4-5,9H,1,3,6-8H2,(H,16,17). The van der Waals surface area contributed by atoms with Gasteiger partial charge in [0.25, 0.3) is 5.91 Å². The van der Waals surface area contributed by atoms with Crippen LogP contribution in [0.15, 0.2) is 35.3 Å². The molecule has 18 heavy (non-hydrogen) atoms. The molecule has 0 aliphatic heterocycles. The predicted octanol–water partition coefficient (Wildman–Crippen LogP) is 3.43. The van der Waals surface area contributed by atoms with Crippen molar-refractivity contribution in [3.8, 4) is 0 Å². The zero-order chi connectivity index (χ0) is 13.4. The van der Waals surface area contributed by atoms with E-state index in [0.29, 0.717) is 30.3 Å². The third kappa shape index (κ3) is 5.21. The third-order valence-corrected chi connectivity index (χ3v) is 2.99. The number of ether oxygens (including phenoxy) is 1. The lowest BCUT2D eigenvalue weighted by atomic mass is 10.2. The first kappa shape index (κ1) is 15.2. The van der Waals surface area contributed by atoms with Gasteiger partial charge in [0.1, 0.15) is 0 Å². The monoisotopic (exact) mass is 331 g/mol. The number of halogens is 2. The minimum absolute atomic E-state index is 0.200. The summed E-state index contributed by atoms with van der Waals surface area (Å²) in [5.74, 6) is -0.200. The van der Waals surface area contributed by atoms with Crippen LogP contribution in [0.4, 0.5) is 0 Å². The molecule has 0 aliphatic carbocycles. The van der Waals surface area contributed by atoms with Gasteiger partial charge in [-0.2, -0.15) is 0 Å². The number of benzene rings is 1. The molecule has 3 nitrogen and oxygen atoms in total. The Morgan fingerprint density at radius 1 is 1.50 bits per heavy atom. The summed E-state index contributed by atoms with van der Waals surface area (Å²) in [5.41, 5.74) is 0.456. The highest BCUT2D eigenvalue weighted by atomic mass is 79.9. The molecule has 0 aliphatic rings. The van der Waals surface area contributed by atoms with Crippen LogP contribution in [-0.2, 0) is 4.74 Å². The largest absolute Gasteiger partial charge is 0.379 e. The summed E-state index contributed by atoms with van der Waals surface area (Å²) < 4.78 is 6.10. The van der Waals surface area contributed by atoms with Crippen LogP contribution in [-0.4, -0.2) is 25.7 Å². The summed E-state index contributed by atoms with van der Waals surface area (Å²) in [6.07, 6.45) is 2.60. The first-order valence-corrected chi connectivity index (χ1v) is 6.74. The summed E-state index contributed by atoms with van der Waals surface area (Å²) in [7, 11) is 0. The Labute approximate surface area is 120 Å². The molecule has 0 bridgehead atoms. The van der Waals surface area contributed by atoms with Crippen molar-refractivity contribution in [2.75, 3.05) is 19.8 Å². The molecule has 0 spiro atoms. The van der Waals surface area contributed by atoms with E-state index in [4.69, 9.17) is 16.3 Å². The molecular formula is C13H15BrClNO2. The maximum atomic E-state index is 11.8. The predicted molar refractivity (Wildman–Crippen MR) is 77.1 cm³/mol. The first-order valence-electron chi connectivity index (χ1n) is 5.57. The Kier molecular flexibility index (Phi) is 7.01. The summed E-state index contributed by atoms with van der Waals surface area (Å²) in [5, 5.41) is 3.18. The van der Waals surface area contributed by atoms with Gasteiger partial charge >= 0.3 is 0 Å². The fourth-order valence-electron chi connectivity index (χ4n) is 1.27. The lowest BCUT2D eigenvalue weighted by Gasteiger charge is -2.07. The maximum absolute atomic E-state index is 11.8. The number of carbonyl (C=O) groups excluding carboxylic acids is 1. The molecule has 0 fully saturated rings. The topological polar surface area (TPSA) is 38.3 Å². The van der Waals surface area contributed by atoms with Gasteiger partial charge in [-0.15, -0.1) is 6.58 Å². The van der Waals surface area contributed by atoms with Gasteiger partial charge < -0.3 is 10.1 Å². The molecule has 0 unspecified atom stereocenters. The number of rotatable bonds is 7. The minimum atomic E-state index is -0.200. The SMILES string of the molecule is C=CCCOCCNC(=O)c1cc(Br)ccc1Cl. The van der Waals surface area contributed by atoms with Crippen molar-refractivity contribution in [3.05, 3.63) is 45.9 Å². The molecule has 1 rings (SSSR count). The van der Waals surface area contributed by atoms with Crippen molar-refractivity contribution >= 4 is 33.4 Å². The first-order chi connectivity index (χ1) is 8.65. The van der Waals surface area contributed by atoms with E-state index >= 15 is 0 Å². The molecule has 5 heteroatoms. The van der Waals surface area contributed by atoms with Gasteiger partial charge in [-0.1, -0.05) is 33.6 Å². The van der Waals surface area contributed by atoms with Crippen LogP contribution in [0.5, 0.6) is 0 Å². The van der Waals surface area contributed by atoms with Crippen LogP contribution in [0.25, 0.3) is 0 Å². The van der Waals surface area contributed by atoms with Gasteiger partial charge in [0.05, 0.1) is 23.8 Å². The number of hydrogen-bond acceptors (Lipinski definition) is 2. The van der Waals surface area contributed by atoms with E-state index in [-0.39, 0.29) is 5.91 Å². The highest BCUT2D eigenvalue weighted by molar-refractivity contribution is 9.10. The van der Waals surface area contributed by atoms with Gasteiger partial charge in [0, 0.05) is 11.0 Å². The maximum Gasteiger partial charge on any atom is 0.252 e. The number of nitrogens with one attached hydrogen (secondary N) is 1. The molecule has 98 valence electrons. The summed E-state index contributed by atoms with van der Waals surface area (Å²) in [6, 6.07) is 5.16. The highest BCUT2D eigenvalue weighted by Gasteiger charge is 2.09. The third-order valence-electron chi connectivity index (χ3n) is 2.17. The van der Waals surface area contributed by atoms with Gasteiger partial charge in [-0.3, -0.25) is 4.79 Å². The van der Waals surface area contributed by atoms with Crippen LogP contribution in [0.2, 0.25) is 5.02 Å². The smallest absolute Gasteiger partial charge is 0.252 e. The molecule has 1 aromatic carbocycles. The van der Waals surface area contributed by atoms with Crippen molar-refractivity contribution in [3.63, 3.8) is 0 Å². The van der Waals surface area contributed by atoms with Crippen molar-refractivity contribution in [2.45, 2.75) is 6.42 Å². The normalized spacial score (nSPS) is 10.1. The van der Waals surface area contributed by atoms with Crippen LogP contribution in [0.1, 0.15) is 16.8 Å². The van der Waals surface area contributed by atoms with E-state index in [1.54, 1.807) is 24.3 Å². The molecule has 0 aromatic heterocycles. The fourth-order valence-corrected chi connectivity index (χ4v) is 1.84. The van der Waals surface area contributed by atoms with Crippen molar-refractivity contribution in [2.24, 2.45) is 0 Å². The Hall–Kier alpha value is -0.840. The van der Waals surface area contributed by atoms with Gasteiger partial charge in [0.15, 0.2) is 0 Å². The van der Waals surface area contributed by atoms with Crippen LogP contribution in [0.3, 0.4) is 0 Å². The molecule has 0 saturated carbocycles. The molecule has 0 heterocycles. The molecule has 1 amide bonds. The summed E-state index contributed by atoms with van der Waals surface area (Å²) >= 11 is 9.25. The highest BCUT2D eigenvalue weighted by Crippen LogP contribution is 2.20. The van der Waals surface area contributed by atoms with E-state index in [2.05, 4.69) is 27.8 Å². The molecular weight excluding hydrogens is 318 g/mol. The lowest BCUT2D eigenvalue weighted by Crippen LogP contribution is -2.27. The Bertz CT molecular complexity index is 423. The van der Waals surface area contributed by atoms with E-state index in [9.17, 15) is 4.79 Å². The zero-order valence-corrected chi connectivity index (χ0v) is 12.3. The molecule has 0 atom stereocenters. The van der Waals surface area contributed by atoms with E-state index in [0.717, 1.165) is 10.9 Å². The number of amides is 1. The average Bonchev–Trinajstić information content (AvgIpc) is 2.36. The Morgan fingerprint density at radius 3 is 3.00 bits per heavy atom. The fraction of sp³-hybridized carbons (Fsp3) is 0.308. The van der Waals surface area contributed by atoms with Crippen molar-refractivity contribution in [1.82, 2.24) is 5.32 Å². The second-order valence-electron chi connectivity index (χ2n) is 3.57. The number of hydrogen-bond donors (Lipinski definition) is 1. The van der Waals surface area contributed by atoms with Crippen molar-refractivity contribution < 1.29 is 9.53 Å². The average molecular weight is 333 g/mol. The van der Waals surface area contributed by atoms with Crippen LogP contribution < -0.4 is 5.32 Å². The van der Waals surface area contributed by atoms with Gasteiger partial charge in [-0.05, 0) is 24.6 Å². The van der Waals surface area contributed by atoms with Crippen LogP contribution >= 0.6 is 27.5 Å². The van der Waals surface area contributed by atoms with E-state index in [1.807, 2.05) is 0 Å². The van der Waals surface area contributed by atoms with E-state index < -0.39 is 0 Å². The van der Waals surface area contributed by atoms with Gasteiger partial charge in [0.2, 0.25) is 0 Å². The lowest BCUT2D eigenvalue weighted by molar-refractivity contribution is 0.0918. The Balaban J connectivity index is 2.36. The number of carbonyl (C=O) groups is 1. The van der Waals surface area contributed by atoms with Gasteiger partial charge in [-0.25, -0.2) is 0 Å². The zero-order valence-electron chi connectivity index (χ0n) is 9.92. The van der Waals surface area contributed by atoms with E-state index in [1.165, 1.54) is 0 Å². The second-order valence-corrected chi connectivity index (χ2v) is 4.89. The quantitative estimate of drug-likeness (QED) is 0.614. The molecule has 1 aromatic rings. The molecule has 0 radical (unpaired) electrons. The van der Waals surface area contributed by atoms with Crippen molar-refractivity contribution in [1.29, 1.82) is 0 Å². The molecule has 1 N–H and O–H groups in total. The summed E-state index contributed by atoms with van der Waals surface area (Å²) in [6.45, 7) is 5.15. The second kappa shape index (κ2) is 8.29. The summed E-state index contributed by atoms with van der Waals surface area (Å²) in [4.78, 5) is 11.8. The Morgan fingerprint density at radius 2 is 2.28 bits per heavy atom. The molecule has 0 saturated heterocycles. The minimum Gasteiger partial charge on any atom is -0.379 e. The van der Waals surface area contributed by atoms with Crippen LogP contribution in [0, 0.1) is 0 Å².